The van der Waals surface area contributed by atoms with Crippen LogP contribution in [-0.2, 0) is 0 Å². The molecular weight excluding hydrogens is 723 g/mol. The standard InChI is InChI=1S/C53H33N5O/c1-54-49-19-11-9-17-47(49)43-33-42(34-44(35-43)48-18-10-12-20-50(48)55-2)38-27-31-46(32-28-38)59-45-29-25-37(26-30-45)36-21-23-41(24-22-36)53-57-51(39-13-5-3-6-14-39)56-52(58-53)40-15-7-4-8-16-40/h3-35H. The fraction of sp³-hybridized carbons (Fsp3) is 0. The van der Waals surface area contributed by atoms with E-state index in [1.54, 1.807) is 0 Å². The number of rotatable bonds is 9. The predicted molar refractivity (Wildman–Crippen MR) is 237 cm³/mol. The van der Waals surface area contributed by atoms with E-state index in [1.165, 1.54) is 0 Å². The van der Waals surface area contributed by atoms with Crippen molar-refractivity contribution in [1.82, 2.24) is 15.0 Å². The maximum Gasteiger partial charge on any atom is 0.194 e. The first-order valence-corrected chi connectivity index (χ1v) is 19.1. The van der Waals surface area contributed by atoms with Gasteiger partial charge in [0.25, 0.3) is 0 Å². The minimum atomic E-state index is 0.579. The quantitative estimate of drug-likeness (QED) is 0.138. The molecule has 0 aliphatic rings. The lowest BCUT2D eigenvalue weighted by Crippen LogP contribution is -2.00. The Balaban J connectivity index is 0.946. The van der Waals surface area contributed by atoms with Gasteiger partial charge >= 0.3 is 0 Å². The minimum absolute atomic E-state index is 0.579. The van der Waals surface area contributed by atoms with Gasteiger partial charge in [-0.15, -0.1) is 0 Å². The predicted octanol–water partition coefficient (Wildman–Crippen LogP) is 14.4. The number of benzene rings is 8. The Labute approximate surface area is 343 Å². The molecule has 59 heavy (non-hydrogen) atoms. The van der Waals surface area contributed by atoms with Gasteiger partial charge in [0.1, 0.15) is 11.5 Å². The van der Waals surface area contributed by atoms with Gasteiger partial charge in [-0.2, -0.15) is 0 Å². The molecule has 6 nitrogen and oxygen atoms in total. The zero-order chi connectivity index (χ0) is 40.0. The van der Waals surface area contributed by atoms with Crippen LogP contribution in [0.1, 0.15) is 0 Å². The second-order valence-corrected chi connectivity index (χ2v) is 13.8. The molecule has 0 aliphatic heterocycles. The lowest BCUT2D eigenvalue weighted by Gasteiger charge is -2.14. The highest BCUT2D eigenvalue weighted by molar-refractivity contribution is 5.89. The number of nitrogens with zero attached hydrogens (tertiary/aromatic N) is 5. The number of aromatic nitrogens is 3. The molecule has 0 amide bonds. The fourth-order valence-corrected chi connectivity index (χ4v) is 7.05. The van der Waals surface area contributed by atoms with Crippen molar-refractivity contribution in [1.29, 1.82) is 0 Å². The molecular formula is C53H33N5O. The zero-order valence-corrected chi connectivity index (χ0v) is 31.7. The number of para-hydroxylation sites is 2. The topological polar surface area (TPSA) is 56.6 Å². The average Bonchev–Trinajstić information content (AvgIpc) is 3.32. The van der Waals surface area contributed by atoms with Gasteiger partial charge in [-0.05, 0) is 87.0 Å². The van der Waals surface area contributed by atoms with Gasteiger partial charge in [-0.1, -0.05) is 158 Å². The van der Waals surface area contributed by atoms with Crippen molar-refractivity contribution in [2.24, 2.45) is 0 Å². The molecule has 0 saturated heterocycles. The van der Waals surface area contributed by atoms with E-state index >= 15 is 0 Å². The van der Waals surface area contributed by atoms with Gasteiger partial charge in [0.15, 0.2) is 28.8 Å². The Kier molecular flexibility index (Phi) is 10.0. The highest BCUT2D eigenvalue weighted by atomic mass is 16.5. The first-order valence-electron chi connectivity index (χ1n) is 19.1. The third-order valence-electron chi connectivity index (χ3n) is 10.1. The first-order chi connectivity index (χ1) is 29.1. The molecule has 9 rings (SSSR count). The molecule has 0 bridgehead atoms. The van der Waals surface area contributed by atoms with Crippen LogP contribution in [0.25, 0.3) is 88.4 Å². The van der Waals surface area contributed by atoms with Gasteiger partial charge < -0.3 is 4.74 Å². The fourth-order valence-electron chi connectivity index (χ4n) is 7.05. The second-order valence-electron chi connectivity index (χ2n) is 13.8. The van der Waals surface area contributed by atoms with Crippen molar-refractivity contribution in [3.63, 3.8) is 0 Å². The van der Waals surface area contributed by atoms with Crippen LogP contribution in [0.2, 0.25) is 0 Å². The Morgan fingerprint density at radius 2 is 0.627 bits per heavy atom. The summed E-state index contributed by atoms with van der Waals surface area (Å²) in [4.78, 5) is 22.1. The summed E-state index contributed by atoms with van der Waals surface area (Å²) in [6.45, 7) is 15.5. The van der Waals surface area contributed by atoms with Gasteiger partial charge in [0.05, 0.1) is 13.1 Å². The van der Waals surface area contributed by atoms with E-state index in [0.717, 1.165) is 66.9 Å². The molecule has 0 fully saturated rings. The SMILES string of the molecule is [C-]#[N+]c1ccccc1-c1cc(-c2ccc(Oc3ccc(-c4ccc(-c5nc(-c6ccccc6)nc(-c6ccccc6)n5)cc4)cc3)cc2)cc(-c2ccccc2[N+]#[C-])c1. The van der Waals surface area contributed by atoms with Crippen LogP contribution in [-0.4, -0.2) is 15.0 Å². The molecule has 0 unspecified atom stereocenters. The van der Waals surface area contributed by atoms with Gasteiger partial charge in [-0.25, -0.2) is 24.6 Å². The second kappa shape index (κ2) is 16.3. The van der Waals surface area contributed by atoms with Crippen LogP contribution in [0, 0.1) is 13.1 Å². The van der Waals surface area contributed by atoms with Crippen molar-refractivity contribution in [3.8, 4) is 90.2 Å². The molecule has 0 atom stereocenters. The molecule has 276 valence electrons. The van der Waals surface area contributed by atoms with Crippen molar-refractivity contribution in [3.05, 3.63) is 223 Å². The monoisotopic (exact) mass is 755 g/mol. The van der Waals surface area contributed by atoms with E-state index in [0.29, 0.717) is 34.6 Å². The summed E-state index contributed by atoms with van der Waals surface area (Å²) in [6, 6.07) is 65.7. The van der Waals surface area contributed by atoms with E-state index in [-0.39, 0.29) is 0 Å². The summed E-state index contributed by atoms with van der Waals surface area (Å²) in [5.74, 6) is 3.31. The van der Waals surface area contributed by atoms with Gasteiger partial charge in [0.2, 0.25) is 0 Å². The summed E-state index contributed by atoms with van der Waals surface area (Å²) in [6.07, 6.45) is 0. The normalized spacial score (nSPS) is 10.7. The Hall–Kier alpha value is -8.45. The van der Waals surface area contributed by atoms with Crippen LogP contribution in [0.5, 0.6) is 11.5 Å². The minimum Gasteiger partial charge on any atom is -0.457 e. The van der Waals surface area contributed by atoms with Crippen molar-refractivity contribution >= 4 is 11.4 Å². The van der Waals surface area contributed by atoms with Crippen LogP contribution in [0.4, 0.5) is 11.4 Å². The van der Waals surface area contributed by atoms with Crippen LogP contribution in [0.15, 0.2) is 200 Å². The van der Waals surface area contributed by atoms with E-state index in [2.05, 4.69) is 52.2 Å². The van der Waals surface area contributed by atoms with Gasteiger partial charge in [0, 0.05) is 16.7 Å². The molecule has 0 radical (unpaired) electrons. The van der Waals surface area contributed by atoms with E-state index in [1.807, 2.05) is 158 Å². The molecule has 9 aromatic rings. The third kappa shape index (κ3) is 7.84. The zero-order valence-electron chi connectivity index (χ0n) is 31.7. The van der Waals surface area contributed by atoms with Crippen LogP contribution in [0.3, 0.4) is 0 Å². The molecule has 1 heterocycles. The lowest BCUT2D eigenvalue weighted by molar-refractivity contribution is 0.483. The largest absolute Gasteiger partial charge is 0.457 e. The van der Waals surface area contributed by atoms with Gasteiger partial charge in [-0.3, -0.25) is 0 Å². The molecule has 1 aromatic heterocycles. The highest BCUT2D eigenvalue weighted by Crippen LogP contribution is 2.40. The summed E-state index contributed by atoms with van der Waals surface area (Å²) in [7, 11) is 0. The maximum atomic E-state index is 7.77. The average molecular weight is 756 g/mol. The number of hydrogen-bond acceptors (Lipinski definition) is 4. The molecule has 6 heteroatoms. The van der Waals surface area contributed by atoms with Crippen LogP contribution < -0.4 is 4.74 Å². The summed E-state index contributed by atoms with van der Waals surface area (Å²) in [5, 5.41) is 0. The summed E-state index contributed by atoms with van der Waals surface area (Å²) < 4.78 is 6.29. The van der Waals surface area contributed by atoms with Crippen LogP contribution >= 0.6 is 0 Å². The molecule has 0 saturated carbocycles. The van der Waals surface area contributed by atoms with E-state index in [4.69, 9.17) is 32.8 Å². The van der Waals surface area contributed by atoms with E-state index in [9.17, 15) is 0 Å². The highest BCUT2D eigenvalue weighted by Gasteiger charge is 2.14. The van der Waals surface area contributed by atoms with Crippen molar-refractivity contribution < 1.29 is 4.74 Å². The van der Waals surface area contributed by atoms with E-state index < -0.39 is 0 Å². The first kappa shape index (κ1) is 36.2. The van der Waals surface area contributed by atoms with Crippen molar-refractivity contribution in [2.45, 2.75) is 0 Å². The lowest BCUT2D eigenvalue weighted by atomic mass is 9.92. The Morgan fingerprint density at radius 3 is 1.05 bits per heavy atom. The Bertz CT molecular complexity index is 2870. The molecule has 8 aromatic carbocycles. The summed E-state index contributed by atoms with van der Waals surface area (Å²) >= 11 is 0. The molecule has 0 aliphatic carbocycles. The third-order valence-corrected chi connectivity index (χ3v) is 10.1. The Morgan fingerprint density at radius 1 is 0.305 bits per heavy atom. The molecule has 0 spiro atoms. The number of ether oxygens (including phenoxy) is 1. The maximum absolute atomic E-state index is 7.77. The summed E-state index contributed by atoms with van der Waals surface area (Å²) in [5.41, 5.74) is 11.5. The van der Waals surface area contributed by atoms with Crippen molar-refractivity contribution in [2.75, 3.05) is 0 Å². The number of hydrogen-bond donors (Lipinski definition) is 0. The smallest absolute Gasteiger partial charge is 0.194 e. The molecule has 0 N–H and O–H groups in total.